The lowest BCUT2D eigenvalue weighted by molar-refractivity contribution is -0.366. The van der Waals surface area contributed by atoms with E-state index in [1.165, 1.54) is 0 Å². The van der Waals surface area contributed by atoms with Crippen LogP contribution in [0.2, 0.25) is 0 Å². The summed E-state index contributed by atoms with van der Waals surface area (Å²) in [6.45, 7) is 0. The second kappa shape index (κ2) is 5.72. The van der Waals surface area contributed by atoms with E-state index in [0.29, 0.717) is 0 Å². The van der Waals surface area contributed by atoms with Gasteiger partial charge in [-0.1, -0.05) is 6.08 Å². The van der Waals surface area contributed by atoms with Crippen LogP contribution in [0, 0.1) is 0 Å². The van der Waals surface area contributed by atoms with Crippen LogP contribution in [0.4, 0.5) is 52.7 Å². The number of hydrogen-bond donors (Lipinski definition) is 2. The van der Waals surface area contributed by atoms with Crippen LogP contribution in [-0.2, 0) is 0 Å². The molecule has 0 rings (SSSR count). The first-order chi connectivity index (χ1) is 9.71. The molecule has 0 amide bonds. The lowest BCUT2D eigenvalue weighted by Gasteiger charge is -2.32. The van der Waals surface area contributed by atoms with Gasteiger partial charge in [0.1, 0.15) is 0 Å². The molecule has 0 atom stereocenters. The van der Waals surface area contributed by atoms with Crippen LogP contribution < -0.4 is 0 Å². The van der Waals surface area contributed by atoms with Gasteiger partial charge in [0.15, 0.2) is 0 Å². The zero-order valence-corrected chi connectivity index (χ0v) is 10.3. The molecule has 0 heterocycles. The summed E-state index contributed by atoms with van der Waals surface area (Å²) in [6.07, 6.45) is -30.8. The van der Waals surface area contributed by atoms with E-state index in [9.17, 15) is 52.7 Å². The Bertz CT molecular complexity index is 409. The van der Waals surface area contributed by atoms with Gasteiger partial charge in [0.25, 0.3) is 11.2 Å². The lowest BCUT2D eigenvalue weighted by Crippen LogP contribution is -2.57. The van der Waals surface area contributed by atoms with Crippen molar-refractivity contribution in [2.24, 2.45) is 0 Å². The van der Waals surface area contributed by atoms with Gasteiger partial charge in [-0.25, -0.2) is 0 Å². The van der Waals surface area contributed by atoms with E-state index in [4.69, 9.17) is 10.2 Å². The third-order valence-corrected chi connectivity index (χ3v) is 2.57. The normalized spacial score (nSPS) is 16.3. The van der Waals surface area contributed by atoms with Gasteiger partial charge in [0.2, 0.25) is 0 Å². The van der Waals surface area contributed by atoms with E-state index in [2.05, 4.69) is 0 Å². The molecule has 0 aliphatic rings. The molecule has 0 aromatic rings. The summed E-state index contributed by atoms with van der Waals surface area (Å²) < 4.78 is 146. The average molecular weight is 374 g/mol. The fourth-order valence-electron chi connectivity index (χ4n) is 1.14. The van der Waals surface area contributed by atoms with Crippen molar-refractivity contribution in [3.05, 3.63) is 12.2 Å². The quantitative estimate of drug-likeness (QED) is 0.585. The summed E-state index contributed by atoms with van der Waals surface area (Å²) in [5.74, 6) is 0. The smallest absolute Gasteiger partial charge is 0.373 e. The van der Waals surface area contributed by atoms with Gasteiger partial charge >= 0.3 is 24.7 Å². The van der Waals surface area contributed by atoms with E-state index < -0.39 is 54.5 Å². The predicted octanol–water partition coefficient (Wildman–Crippen LogP) is 3.64. The third-order valence-electron chi connectivity index (χ3n) is 2.57. The van der Waals surface area contributed by atoms with Gasteiger partial charge in [0.05, 0.1) is 0 Å². The fraction of sp³-hybridized carbons (Fsp3) is 0.778. The Morgan fingerprint density at radius 1 is 0.565 bits per heavy atom. The van der Waals surface area contributed by atoms with Crippen LogP contribution in [0.1, 0.15) is 6.42 Å². The molecule has 0 bridgehead atoms. The molecular weight excluding hydrogens is 368 g/mol. The summed E-state index contributed by atoms with van der Waals surface area (Å²) in [5.41, 5.74) is -11.3. The Balaban J connectivity index is 5.76. The van der Waals surface area contributed by atoms with Crippen molar-refractivity contribution in [1.82, 2.24) is 0 Å². The molecule has 0 aliphatic carbocycles. The van der Waals surface area contributed by atoms with Crippen LogP contribution >= 0.6 is 0 Å². The fourth-order valence-corrected chi connectivity index (χ4v) is 1.14. The molecule has 0 aromatic carbocycles. The van der Waals surface area contributed by atoms with Crippen LogP contribution in [0.25, 0.3) is 0 Å². The van der Waals surface area contributed by atoms with E-state index >= 15 is 0 Å². The summed E-state index contributed by atoms with van der Waals surface area (Å²) in [7, 11) is 0. The summed E-state index contributed by atoms with van der Waals surface area (Å²) >= 11 is 0. The molecule has 0 spiro atoms. The number of hydrogen-bond acceptors (Lipinski definition) is 2. The Morgan fingerprint density at radius 2 is 0.870 bits per heavy atom. The Hall–Kier alpha value is -1.18. The minimum absolute atomic E-state index is 0.901. The highest BCUT2D eigenvalue weighted by atomic mass is 19.4. The zero-order chi connectivity index (χ0) is 19.1. The van der Waals surface area contributed by atoms with Crippen molar-refractivity contribution in [3.63, 3.8) is 0 Å². The molecule has 0 aliphatic heterocycles. The maximum Gasteiger partial charge on any atom is 0.429 e. The Labute approximate surface area is 119 Å². The topological polar surface area (TPSA) is 40.5 Å². The molecule has 2 nitrogen and oxygen atoms in total. The first kappa shape index (κ1) is 21.8. The van der Waals surface area contributed by atoms with Gasteiger partial charge in [-0.15, -0.1) is 0 Å². The third kappa shape index (κ3) is 4.02. The molecule has 0 radical (unpaired) electrons. The number of alkyl halides is 12. The van der Waals surface area contributed by atoms with Gasteiger partial charge in [0, 0.05) is 6.42 Å². The van der Waals surface area contributed by atoms with Crippen molar-refractivity contribution < 1.29 is 62.9 Å². The number of halogens is 12. The molecule has 2 N–H and O–H groups in total. The average Bonchev–Trinajstić information content (AvgIpc) is 2.22. The molecule has 138 valence electrons. The SMILES string of the molecule is OC(/C=C\CC(O)(C(F)(F)F)C(F)(F)F)(C(F)(F)F)C(F)(F)F. The van der Waals surface area contributed by atoms with Crippen molar-refractivity contribution in [2.75, 3.05) is 0 Å². The summed E-state index contributed by atoms with van der Waals surface area (Å²) in [5, 5.41) is 17.0. The predicted molar refractivity (Wildman–Crippen MR) is 47.9 cm³/mol. The lowest BCUT2D eigenvalue weighted by atomic mass is 9.95. The van der Waals surface area contributed by atoms with Gasteiger partial charge in [-0.3, -0.25) is 0 Å². The summed E-state index contributed by atoms with van der Waals surface area (Å²) in [4.78, 5) is 0. The van der Waals surface area contributed by atoms with Crippen LogP contribution in [-0.4, -0.2) is 46.1 Å². The largest absolute Gasteiger partial charge is 0.429 e. The van der Waals surface area contributed by atoms with Crippen molar-refractivity contribution in [3.8, 4) is 0 Å². The highest BCUT2D eigenvalue weighted by molar-refractivity contribution is 5.12. The second-order valence-corrected chi connectivity index (χ2v) is 4.22. The molecule has 0 unspecified atom stereocenters. The van der Waals surface area contributed by atoms with Crippen LogP contribution in [0.3, 0.4) is 0 Å². The molecular formula is C9H6F12O2. The second-order valence-electron chi connectivity index (χ2n) is 4.22. The minimum Gasteiger partial charge on any atom is -0.373 e. The molecule has 0 aromatic heterocycles. The van der Waals surface area contributed by atoms with Crippen molar-refractivity contribution in [1.29, 1.82) is 0 Å². The van der Waals surface area contributed by atoms with E-state index in [-0.39, 0.29) is 0 Å². The monoisotopic (exact) mass is 374 g/mol. The maximum atomic E-state index is 12.2. The number of aliphatic hydroxyl groups is 2. The van der Waals surface area contributed by atoms with E-state index in [1.54, 1.807) is 0 Å². The molecule has 0 fully saturated rings. The van der Waals surface area contributed by atoms with Crippen LogP contribution in [0.15, 0.2) is 12.2 Å². The van der Waals surface area contributed by atoms with Crippen molar-refractivity contribution in [2.45, 2.75) is 42.3 Å². The van der Waals surface area contributed by atoms with Gasteiger partial charge in [-0.05, 0) is 6.08 Å². The Kier molecular flexibility index (Phi) is 5.42. The minimum atomic E-state index is -6.48. The van der Waals surface area contributed by atoms with Gasteiger partial charge < -0.3 is 10.2 Å². The van der Waals surface area contributed by atoms with E-state index in [1.807, 2.05) is 0 Å². The first-order valence-electron chi connectivity index (χ1n) is 5.10. The molecule has 23 heavy (non-hydrogen) atoms. The van der Waals surface area contributed by atoms with Crippen LogP contribution in [0.5, 0.6) is 0 Å². The highest BCUT2D eigenvalue weighted by Crippen LogP contribution is 2.47. The van der Waals surface area contributed by atoms with E-state index in [0.717, 1.165) is 0 Å². The number of rotatable bonds is 3. The zero-order valence-electron chi connectivity index (χ0n) is 10.3. The first-order valence-corrected chi connectivity index (χ1v) is 5.10. The molecule has 14 heteroatoms. The van der Waals surface area contributed by atoms with Crippen molar-refractivity contribution >= 4 is 0 Å². The Morgan fingerprint density at radius 3 is 1.09 bits per heavy atom. The standard InChI is InChI=1S/C9H6F12O2/c10-6(11,12)4(22,7(13,14)15)2-1-3-5(23,8(16,17)18)9(19,20)21/h1-2,22-23H,3H2/b2-1-. The van der Waals surface area contributed by atoms with Gasteiger partial charge in [-0.2, -0.15) is 52.7 Å². The highest BCUT2D eigenvalue weighted by Gasteiger charge is 2.71. The molecule has 0 saturated carbocycles. The maximum absolute atomic E-state index is 12.2. The summed E-state index contributed by atoms with van der Waals surface area (Å²) in [6, 6.07) is 0. The molecule has 0 saturated heterocycles.